The summed E-state index contributed by atoms with van der Waals surface area (Å²) in [4.78, 5) is 27.3. The number of hydrogen-bond acceptors (Lipinski definition) is 9. The molecule has 9 heteroatoms. The Balaban J connectivity index is 1.10. The monoisotopic (exact) mass is 799 g/mol. The van der Waals surface area contributed by atoms with Crippen LogP contribution in [0, 0.1) is 17.8 Å². The van der Waals surface area contributed by atoms with Crippen LogP contribution in [0.25, 0.3) is 0 Å². The van der Waals surface area contributed by atoms with Gasteiger partial charge in [0.05, 0.1) is 5.60 Å². The van der Waals surface area contributed by atoms with E-state index in [1.54, 1.807) is 13.0 Å². The topological polar surface area (TPSA) is 124 Å². The average molecular weight is 799 g/mol. The maximum atomic E-state index is 14.1. The SMILES string of the molecule is C=C(C)[C@]12C[C@@H](C)[C@@]34O[C@](CCCCCCCCCCC)(O[C@@H]1[C@@H]3[C@@H]1O[C@]1(COC(=O)CCCCCCCCCCCCCCC)[C@@H](O)[C@]1(O)C(=O)C(C)=C[C@H]14)O2. The van der Waals surface area contributed by atoms with Crippen molar-refractivity contribution in [3.63, 3.8) is 0 Å². The molecular formula is C48H78O9. The Bertz CT molecular complexity index is 1430. The molecule has 5 fully saturated rings. The molecule has 324 valence electrons. The summed E-state index contributed by atoms with van der Waals surface area (Å²) < 4.78 is 33.6. The van der Waals surface area contributed by atoms with Crippen molar-refractivity contribution in [3.8, 4) is 0 Å². The zero-order chi connectivity index (χ0) is 40.9. The van der Waals surface area contributed by atoms with Gasteiger partial charge in [-0.1, -0.05) is 162 Å². The van der Waals surface area contributed by atoms with Gasteiger partial charge in [0.1, 0.15) is 30.5 Å². The van der Waals surface area contributed by atoms with Gasteiger partial charge in [0.25, 0.3) is 5.97 Å². The normalized spacial score (nSPS) is 38.4. The van der Waals surface area contributed by atoms with Crippen LogP contribution >= 0.6 is 0 Å². The third kappa shape index (κ3) is 8.51. The molecule has 3 saturated heterocycles. The van der Waals surface area contributed by atoms with Crippen molar-refractivity contribution in [3.05, 3.63) is 23.8 Å². The molecule has 0 unspecified atom stereocenters. The molecule has 3 aliphatic heterocycles. The number of ether oxygens (including phenoxy) is 5. The minimum Gasteiger partial charge on any atom is -0.462 e. The number of unbranched alkanes of at least 4 members (excludes halogenated alkanes) is 20. The molecule has 0 radical (unpaired) electrons. The summed E-state index contributed by atoms with van der Waals surface area (Å²) in [5.74, 6) is -3.91. The minimum atomic E-state index is -2.23. The highest BCUT2D eigenvalue weighted by Crippen LogP contribution is 2.73. The van der Waals surface area contributed by atoms with E-state index in [1.807, 2.05) is 6.92 Å². The second-order valence-corrected chi connectivity index (χ2v) is 19.2. The van der Waals surface area contributed by atoms with E-state index in [-0.39, 0.29) is 24.9 Å². The molecule has 3 heterocycles. The summed E-state index contributed by atoms with van der Waals surface area (Å²) in [6.45, 7) is 14.4. The molecule has 3 aliphatic carbocycles. The molecule has 0 aromatic rings. The van der Waals surface area contributed by atoms with Crippen LogP contribution in [0.2, 0.25) is 0 Å². The van der Waals surface area contributed by atoms with E-state index < -0.39 is 64.3 Å². The number of carbonyl (C=O) groups is 2. The third-order valence-electron chi connectivity index (χ3n) is 15.0. The van der Waals surface area contributed by atoms with Gasteiger partial charge < -0.3 is 33.9 Å². The Morgan fingerprint density at radius 3 is 1.88 bits per heavy atom. The molecule has 6 aliphatic rings. The van der Waals surface area contributed by atoms with Crippen molar-refractivity contribution in [1.82, 2.24) is 0 Å². The summed E-state index contributed by atoms with van der Waals surface area (Å²) in [6.07, 6.45) is 26.6. The molecule has 2 N–H and O–H groups in total. The zero-order valence-electron chi connectivity index (χ0n) is 36.4. The molecule has 57 heavy (non-hydrogen) atoms. The standard InChI is InChI=1S/C48H78O9/c1-7-9-11-13-15-17-18-19-20-21-23-25-27-29-38(49)53-33-45-42(54-45)39-41-44(34(3)4)32-36(6)48(39,37-31-35(5)40(50)47(37,52)43(45)51)57-46(55-41,56-44)30-28-26-24-22-16-14-12-10-8-2/h31,36-37,39,41-43,51-52H,3,7-30,32-33H2,1-2,4-6H3/t36-,37-,39-,41-,42+,43-,44-,45+,46-,47-,48+/m1/s1. The second kappa shape index (κ2) is 19.0. The van der Waals surface area contributed by atoms with Crippen LogP contribution in [0.4, 0.5) is 0 Å². The fourth-order valence-corrected chi connectivity index (χ4v) is 11.7. The Morgan fingerprint density at radius 2 is 1.33 bits per heavy atom. The smallest absolute Gasteiger partial charge is 0.305 e. The largest absolute Gasteiger partial charge is 0.462 e. The van der Waals surface area contributed by atoms with Crippen molar-refractivity contribution < 1.29 is 43.5 Å². The molecule has 0 spiro atoms. The van der Waals surface area contributed by atoms with E-state index in [2.05, 4.69) is 27.4 Å². The summed E-state index contributed by atoms with van der Waals surface area (Å²) in [5.41, 5.74) is -4.55. The molecule has 2 saturated carbocycles. The van der Waals surface area contributed by atoms with Gasteiger partial charge in [-0.3, -0.25) is 9.59 Å². The van der Waals surface area contributed by atoms with Gasteiger partial charge in [-0.25, -0.2) is 0 Å². The van der Waals surface area contributed by atoms with Crippen LogP contribution in [0.5, 0.6) is 0 Å². The highest BCUT2D eigenvalue weighted by molar-refractivity contribution is 6.05. The Kier molecular flexibility index (Phi) is 14.9. The lowest BCUT2D eigenvalue weighted by atomic mass is 9.54. The first-order valence-corrected chi connectivity index (χ1v) is 23.6. The fourth-order valence-electron chi connectivity index (χ4n) is 11.7. The lowest BCUT2D eigenvalue weighted by Gasteiger charge is -2.59. The number of ketones is 1. The van der Waals surface area contributed by atoms with Crippen molar-refractivity contribution >= 4 is 11.8 Å². The van der Waals surface area contributed by atoms with E-state index in [0.29, 0.717) is 18.4 Å². The summed E-state index contributed by atoms with van der Waals surface area (Å²) >= 11 is 0. The number of fused-ring (bicyclic) bond motifs is 3. The first-order chi connectivity index (χ1) is 27.4. The minimum absolute atomic E-state index is 0.221. The maximum Gasteiger partial charge on any atom is 0.305 e. The summed E-state index contributed by atoms with van der Waals surface area (Å²) in [6, 6.07) is 0. The molecule has 11 atom stereocenters. The van der Waals surface area contributed by atoms with E-state index in [0.717, 1.165) is 44.1 Å². The molecule has 0 aromatic heterocycles. The van der Waals surface area contributed by atoms with Gasteiger partial charge in [0, 0.05) is 24.7 Å². The number of aliphatic hydroxyl groups is 2. The van der Waals surface area contributed by atoms with Crippen LogP contribution in [-0.4, -0.2) is 75.3 Å². The molecular weight excluding hydrogens is 721 g/mol. The van der Waals surface area contributed by atoms with Crippen LogP contribution in [0.15, 0.2) is 23.8 Å². The highest BCUT2D eigenvalue weighted by Gasteiger charge is 2.88. The number of aliphatic hydroxyl groups excluding tert-OH is 1. The van der Waals surface area contributed by atoms with Gasteiger partial charge in [-0.05, 0) is 50.2 Å². The fraction of sp³-hybridized carbons (Fsp3) is 0.875. The molecule has 9 nitrogen and oxygen atoms in total. The summed E-state index contributed by atoms with van der Waals surface area (Å²) in [7, 11) is 0. The van der Waals surface area contributed by atoms with Crippen molar-refractivity contribution in [2.24, 2.45) is 17.8 Å². The number of esters is 1. The average Bonchev–Trinajstić information content (AvgIpc) is 3.81. The van der Waals surface area contributed by atoms with Gasteiger partial charge in [-0.15, -0.1) is 0 Å². The summed E-state index contributed by atoms with van der Waals surface area (Å²) in [5, 5.41) is 25.0. The Hall–Kier alpha value is -1.62. The lowest BCUT2D eigenvalue weighted by molar-refractivity contribution is -0.430. The van der Waals surface area contributed by atoms with Crippen LogP contribution in [0.3, 0.4) is 0 Å². The molecule has 3 bridgehead atoms. The predicted octanol–water partition coefficient (Wildman–Crippen LogP) is 10.1. The van der Waals surface area contributed by atoms with E-state index >= 15 is 0 Å². The lowest BCUT2D eigenvalue weighted by Crippen LogP contribution is -2.72. The van der Waals surface area contributed by atoms with Crippen LogP contribution < -0.4 is 0 Å². The van der Waals surface area contributed by atoms with Gasteiger partial charge >= 0.3 is 5.97 Å². The molecule has 0 aromatic carbocycles. The van der Waals surface area contributed by atoms with Crippen molar-refractivity contribution in [2.75, 3.05) is 6.61 Å². The zero-order valence-corrected chi connectivity index (χ0v) is 36.4. The predicted molar refractivity (Wildman–Crippen MR) is 221 cm³/mol. The Labute approximate surface area is 344 Å². The van der Waals surface area contributed by atoms with E-state index in [4.69, 9.17) is 23.7 Å². The second-order valence-electron chi connectivity index (χ2n) is 19.2. The first-order valence-electron chi connectivity index (χ1n) is 23.6. The number of epoxide rings is 1. The quantitative estimate of drug-likeness (QED) is 0.0362. The van der Waals surface area contributed by atoms with Gasteiger partial charge in [0.15, 0.2) is 17.0 Å². The molecule has 0 amide bonds. The van der Waals surface area contributed by atoms with Gasteiger partial charge in [0.2, 0.25) is 0 Å². The van der Waals surface area contributed by atoms with Gasteiger partial charge in [-0.2, -0.15) is 0 Å². The number of rotatable bonds is 27. The Morgan fingerprint density at radius 1 is 0.807 bits per heavy atom. The third-order valence-corrected chi connectivity index (χ3v) is 15.0. The first kappa shape index (κ1) is 44.9. The molecule has 6 rings (SSSR count). The van der Waals surface area contributed by atoms with Crippen LogP contribution in [-0.2, 0) is 33.3 Å². The number of hydrogen-bond donors (Lipinski definition) is 2. The van der Waals surface area contributed by atoms with E-state index in [1.165, 1.54) is 103 Å². The van der Waals surface area contributed by atoms with Crippen molar-refractivity contribution in [2.45, 2.75) is 242 Å². The van der Waals surface area contributed by atoms with Crippen LogP contribution in [0.1, 0.15) is 195 Å². The van der Waals surface area contributed by atoms with Crippen molar-refractivity contribution in [1.29, 1.82) is 0 Å². The number of Topliss-reactive ketones (excluding diaryl/α,β-unsaturated/α-hetero) is 1. The highest BCUT2D eigenvalue weighted by atomic mass is 16.9. The number of carbonyl (C=O) groups excluding carboxylic acids is 2. The maximum absolute atomic E-state index is 14.1. The van der Waals surface area contributed by atoms with E-state index in [9.17, 15) is 19.8 Å².